The number of amides is 1. The van der Waals surface area contributed by atoms with Crippen LogP contribution in [0.2, 0.25) is 0 Å². The molecule has 8 nitrogen and oxygen atoms in total. The Bertz CT molecular complexity index is 1500. The van der Waals surface area contributed by atoms with Gasteiger partial charge in [0.15, 0.2) is 5.16 Å². The van der Waals surface area contributed by atoms with E-state index in [2.05, 4.69) is 10.3 Å². The van der Waals surface area contributed by atoms with Gasteiger partial charge in [-0.3, -0.25) is 14.2 Å². The molecule has 0 saturated carbocycles. The van der Waals surface area contributed by atoms with Gasteiger partial charge < -0.3 is 5.32 Å². The summed E-state index contributed by atoms with van der Waals surface area (Å²) in [6.45, 7) is 1.90. The lowest BCUT2D eigenvalue weighted by atomic mass is 10.2. The van der Waals surface area contributed by atoms with Gasteiger partial charge in [-0.25, -0.2) is 18.5 Å². The Hall–Kier alpha value is -3.47. The molecule has 0 aliphatic carbocycles. The van der Waals surface area contributed by atoms with E-state index in [4.69, 9.17) is 5.14 Å². The molecule has 0 aliphatic heterocycles. The van der Waals surface area contributed by atoms with E-state index in [0.29, 0.717) is 27.3 Å². The van der Waals surface area contributed by atoms with Crippen LogP contribution >= 0.6 is 11.8 Å². The molecule has 1 unspecified atom stereocenters. The molecule has 1 atom stereocenters. The van der Waals surface area contributed by atoms with Gasteiger partial charge in [0, 0.05) is 5.69 Å². The van der Waals surface area contributed by atoms with Crippen molar-refractivity contribution in [2.24, 2.45) is 5.14 Å². The highest BCUT2D eigenvalue weighted by Gasteiger charge is 2.20. The molecule has 0 radical (unpaired) electrons. The first-order valence-corrected chi connectivity index (χ1v) is 12.8. The molecule has 0 saturated heterocycles. The van der Waals surface area contributed by atoms with Gasteiger partial charge in [0.25, 0.3) is 5.56 Å². The Morgan fingerprint density at radius 2 is 1.68 bits per heavy atom. The fourth-order valence-corrected chi connectivity index (χ4v) is 4.74. The topological polar surface area (TPSA) is 124 Å². The zero-order valence-corrected chi connectivity index (χ0v) is 19.8. The van der Waals surface area contributed by atoms with Crippen LogP contribution in [0.15, 0.2) is 93.7 Å². The smallest absolute Gasteiger partial charge is 0.262 e. The highest BCUT2D eigenvalue weighted by molar-refractivity contribution is 8.00. The van der Waals surface area contributed by atoms with Crippen LogP contribution < -0.4 is 16.0 Å². The maximum Gasteiger partial charge on any atom is 0.262 e. The van der Waals surface area contributed by atoms with Crippen molar-refractivity contribution in [1.29, 1.82) is 0 Å². The highest BCUT2D eigenvalue weighted by atomic mass is 32.2. The van der Waals surface area contributed by atoms with Crippen molar-refractivity contribution in [2.45, 2.75) is 28.8 Å². The molecule has 4 aromatic rings. The second-order valence-electron chi connectivity index (χ2n) is 7.61. The average Bonchev–Trinajstić information content (AvgIpc) is 2.82. The average molecular weight is 495 g/mol. The molecule has 0 aliphatic rings. The summed E-state index contributed by atoms with van der Waals surface area (Å²) >= 11 is 1.18. The number of sulfonamides is 1. The summed E-state index contributed by atoms with van der Waals surface area (Å²) in [4.78, 5) is 30.7. The highest BCUT2D eigenvalue weighted by Crippen LogP contribution is 2.24. The SMILES string of the molecule is CC(Sc1nc2ccccc2c(=O)n1Cc1ccc(S(N)(=O)=O)cc1)C(=O)Nc1ccccc1. The van der Waals surface area contributed by atoms with Crippen molar-refractivity contribution < 1.29 is 13.2 Å². The zero-order chi connectivity index (χ0) is 24.3. The van der Waals surface area contributed by atoms with Crippen LogP contribution in [0.3, 0.4) is 0 Å². The number of primary sulfonamides is 1. The van der Waals surface area contributed by atoms with Crippen LogP contribution in [0.5, 0.6) is 0 Å². The Morgan fingerprint density at radius 3 is 2.35 bits per heavy atom. The molecule has 1 heterocycles. The molecule has 10 heteroatoms. The molecule has 1 amide bonds. The lowest BCUT2D eigenvalue weighted by Crippen LogP contribution is -2.27. The van der Waals surface area contributed by atoms with Gasteiger partial charge in [-0.2, -0.15) is 0 Å². The predicted octanol–water partition coefficient (Wildman–Crippen LogP) is 3.21. The number of carbonyl (C=O) groups is 1. The quantitative estimate of drug-likeness (QED) is 0.300. The van der Waals surface area contributed by atoms with Crippen LogP contribution in [0.25, 0.3) is 10.9 Å². The summed E-state index contributed by atoms with van der Waals surface area (Å²) in [5.41, 5.74) is 1.65. The van der Waals surface area contributed by atoms with Crippen LogP contribution in [0, 0.1) is 0 Å². The number of para-hydroxylation sites is 2. The number of hydrogen-bond donors (Lipinski definition) is 2. The number of fused-ring (bicyclic) bond motifs is 1. The van der Waals surface area contributed by atoms with Crippen molar-refractivity contribution in [1.82, 2.24) is 9.55 Å². The fourth-order valence-electron chi connectivity index (χ4n) is 3.32. The third-order valence-electron chi connectivity index (χ3n) is 5.11. The number of carbonyl (C=O) groups excluding carboxylic acids is 1. The summed E-state index contributed by atoms with van der Waals surface area (Å²) in [5.74, 6) is -0.220. The Kier molecular flexibility index (Phi) is 6.82. The first kappa shape index (κ1) is 23.7. The summed E-state index contributed by atoms with van der Waals surface area (Å²) in [6, 6.07) is 22.1. The maximum absolute atomic E-state index is 13.3. The van der Waals surface area contributed by atoms with Gasteiger partial charge in [-0.15, -0.1) is 0 Å². The van der Waals surface area contributed by atoms with Gasteiger partial charge in [0.2, 0.25) is 15.9 Å². The summed E-state index contributed by atoms with van der Waals surface area (Å²) in [5, 5.41) is 8.33. The van der Waals surface area contributed by atoms with Crippen LogP contribution in [-0.2, 0) is 21.4 Å². The van der Waals surface area contributed by atoms with E-state index in [1.54, 1.807) is 55.5 Å². The minimum atomic E-state index is -3.82. The number of aromatic nitrogens is 2. The molecule has 0 bridgehead atoms. The molecule has 0 spiro atoms. The number of nitrogens with two attached hydrogens (primary N) is 1. The van der Waals surface area contributed by atoms with E-state index in [-0.39, 0.29) is 22.9 Å². The Labute approximate surface area is 200 Å². The Morgan fingerprint density at radius 1 is 1.03 bits per heavy atom. The zero-order valence-electron chi connectivity index (χ0n) is 18.2. The number of rotatable bonds is 7. The van der Waals surface area contributed by atoms with Gasteiger partial charge >= 0.3 is 0 Å². The predicted molar refractivity (Wildman–Crippen MR) is 133 cm³/mol. The number of nitrogens with one attached hydrogen (secondary N) is 1. The van der Waals surface area contributed by atoms with Crippen LogP contribution in [-0.4, -0.2) is 29.1 Å². The first-order chi connectivity index (χ1) is 16.2. The number of anilines is 1. The monoisotopic (exact) mass is 494 g/mol. The lowest BCUT2D eigenvalue weighted by molar-refractivity contribution is -0.115. The first-order valence-electron chi connectivity index (χ1n) is 10.4. The second kappa shape index (κ2) is 9.80. The standard InChI is InChI=1S/C24H22N4O4S2/c1-16(22(29)26-18-7-3-2-4-8-18)33-24-27-21-10-6-5-9-20(21)23(30)28(24)15-17-11-13-19(14-12-17)34(25,31)32/h2-14,16H,15H2,1H3,(H,26,29)(H2,25,31,32). The third kappa shape index (κ3) is 5.36. The lowest BCUT2D eigenvalue weighted by Gasteiger charge is -2.16. The Balaban J connectivity index is 1.67. The van der Waals surface area contributed by atoms with E-state index in [9.17, 15) is 18.0 Å². The summed E-state index contributed by atoms with van der Waals surface area (Å²) in [6.07, 6.45) is 0. The van der Waals surface area contributed by atoms with Crippen molar-refractivity contribution in [3.8, 4) is 0 Å². The van der Waals surface area contributed by atoms with Crippen molar-refractivity contribution in [2.75, 3.05) is 5.32 Å². The maximum atomic E-state index is 13.3. The van der Waals surface area contributed by atoms with Crippen molar-refractivity contribution in [3.05, 3.63) is 94.8 Å². The second-order valence-corrected chi connectivity index (χ2v) is 10.5. The molecule has 4 rings (SSSR count). The molecular formula is C24H22N4O4S2. The van der Waals surface area contributed by atoms with E-state index >= 15 is 0 Å². The minimum Gasteiger partial charge on any atom is -0.325 e. The molecular weight excluding hydrogens is 472 g/mol. The van der Waals surface area contributed by atoms with Gasteiger partial charge in [-0.05, 0) is 48.9 Å². The van der Waals surface area contributed by atoms with Gasteiger partial charge in [0.05, 0.1) is 27.6 Å². The molecule has 174 valence electrons. The van der Waals surface area contributed by atoms with Crippen molar-refractivity contribution >= 4 is 44.3 Å². The van der Waals surface area contributed by atoms with E-state index < -0.39 is 15.3 Å². The third-order valence-corrected chi connectivity index (χ3v) is 7.13. The van der Waals surface area contributed by atoms with Crippen molar-refractivity contribution in [3.63, 3.8) is 0 Å². The van der Waals surface area contributed by atoms with E-state index in [1.807, 2.05) is 18.2 Å². The normalized spacial score (nSPS) is 12.4. The minimum absolute atomic E-state index is 0.0129. The van der Waals surface area contributed by atoms with Gasteiger partial charge in [0.1, 0.15) is 0 Å². The number of hydrogen-bond acceptors (Lipinski definition) is 6. The molecule has 0 fully saturated rings. The summed E-state index contributed by atoms with van der Waals surface area (Å²) < 4.78 is 24.6. The van der Waals surface area contributed by atoms with Crippen LogP contribution in [0.4, 0.5) is 5.69 Å². The molecule has 1 aromatic heterocycles. The molecule has 3 aromatic carbocycles. The van der Waals surface area contributed by atoms with E-state index in [1.165, 1.54) is 28.5 Å². The molecule has 3 N–H and O–H groups in total. The summed E-state index contributed by atoms with van der Waals surface area (Å²) in [7, 11) is -3.82. The molecule has 34 heavy (non-hydrogen) atoms. The van der Waals surface area contributed by atoms with E-state index in [0.717, 1.165) is 0 Å². The number of benzene rings is 3. The largest absolute Gasteiger partial charge is 0.325 e. The van der Waals surface area contributed by atoms with Crippen LogP contribution in [0.1, 0.15) is 12.5 Å². The van der Waals surface area contributed by atoms with Gasteiger partial charge in [-0.1, -0.05) is 54.2 Å². The number of nitrogens with zero attached hydrogens (tertiary/aromatic N) is 2. The number of thioether (sulfide) groups is 1. The fraction of sp³-hybridized carbons (Fsp3) is 0.125.